The van der Waals surface area contributed by atoms with Crippen LogP contribution in [0.2, 0.25) is 0 Å². The van der Waals surface area contributed by atoms with Crippen molar-refractivity contribution in [3.63, 3.8) is 0 Å². The molecule has 3 heterocycles. The Morgan fingerprint density at radius 2 is 1.58 bits per heavy atom. The molecule has 2 amide bonds. The second-order valence-corrected chi connectivity index (χ2v) is 9.05. The van der Waals surface area contributed by atoms with Crippen LogP contribution in [0.15, 0.2) is 0 Å². The molecule has 3 aliphatic rings. The standard InChI is InChI=1S/C23H38N2O6/c1-17(16-24-21(26)8-6-19-4-2-14-29-19)31-23(28)18-10-12-25(13-11-18)22(27)9-7-20-5-3-15-30-20/h17-20H,2-16H2,1H3,(H,24,26)/t17-,19+,20-/m1/s1. The van der Waals surface area contributed by atoms with E-state index in [-0.39, 0.29) is 42.0 Å². The minimum Gasteiger partial charge on any atom is -0.461 e. The lowest BCUT2D eigenvalue weighted by molar-refractivity contribution is -0.156. The monoisotopic (exact) mass is 438 g/mol. The van der Waals surface area contributed by atoms with Gasteiger partial charge in [-0.3, -0.25) is 14.4 Å². The van der Waals surface area contributed by atoms with E-state index in [0.717, 1.165) is 51.7 Å². The van der Waals surface area contributed by atoms with Crippen LogP contribution >= 0.6 is 0 Å². The molecule has 3 atom stereocenters. The van der Waals surface area contributed by atoms with Gasteiger partial charge in [0.05, 0.1) is 24.7 Å². The van der Waals surface area contributed by atoms with Crippen molar-refractivity contribution in [1.29, 1.82) is 0 Å². The molecule has 0 bridgehead atoms. The Kier molecular flexibility index (Phi) is 9.58. The van der Waals surface area contributed by atoms with Gasteiger partial charge in [0.1, 0.15) is 6.10 Å². The number of esters is 1. The summed E-state index contributed by atoms with van der Waals surface area (Å²) in [6, 6.07) is 0. The lowest BCUT2D eigenvalue weighted by atomic mass is 9.96. The first-order valence-corrected chi connectivity index (χ1v) is 12.0. The van der Waals surface area contributed by atoms with E-state index >= 15 is 0 Å². The fourth-order valence-electron chi connectivity index (χ4n) is 4.53. The summed E-state index contributed by atoms with van der Waals surface area (Å²) in [5.41, 5.74) is 0. The molecule has 0 saturated carbocycles. The predicted molar refractivity (Wildman–Crippen MR) is 114 cm³/mol. The van der Waals surface area contributed by atoms with E-state index in [0.29, 0.717) is 45.3 Å². The third kappa shape index (κ3) is 8.07. The van der Waals surface area contributed by atoms with Crippen LogP contribution in [0, 0.1) is 5.92 Å². The summed E-state index contributed by atoms with van der Waals surface area (Å²) in [7, 11) is 0. The van der Waals surface area contributed by atoms with Crippen LogP contribution in [0.25, 0.3) is 0 Å². The van der Waals surface area contributed by atoms with Crippen molar-refractivity contribution in [3.8, 4) is 0 Å². The average Bonchev–Trinajstić information content (AvgIpc) is 3.49. The van der Waals surface area contributed by atoms with Gasteiger partial charge >= 0.3 is 5.97 Å². The van der Waals surface area contributed by atoms with Crippen LogP contribution in [-0.4, -0.2) is 73.8 Å². The summed E-state index contributed by atoms with van der Waals surface area (Å²) in [6.45, 7) is 4.90. The molecule has 0 spiro atoms. The van der Waals surface area contributed by atoms with Gasteiger partial charge in [0.15, 0.2) is 0 Å². The number of hydrogen-bond donors (Lipinski definition) is 1. The molecule has 0 radical (unpaired) electrons. The Morgan fingerprint density at radius 1 is 0.968 bits per heavy atom. The Bertz CT molecular complexity index is 593. The molecule has 8 nitrogen and oxygen atoms in total. The highest BCUT2D eigenvalue weighted by atomic mass is 16.5. The smallest absolute Gasteiger partial charge is 0.309 e. The number of amides is 2. The molecular weight excluding hydrogens is 400 g/mol. The molecule has 3 saturated heterocycles. The summed E-state index contributed by atoms with van der Waals surface area (Å²) < 4.78 is 16.6. The largest absolute Gasteiger partial charge is 0.461 e. The lowest BCUT2D eigenvalue weighted by Gasteiger charge is -2.31. The van der Waals surface area contributed by atoms with Crippen LogP contribution < -0.4 is 5.32 Å². The van der Waals surface area contributed by atoms with Crippen molar-refractivity contribution in [2.75, 3.05) is 32.8 Å². The molecule has 0 aromatic heterocycles. The van der Waals surface area contributed by atoms with E-state index in [9.17, 15) is 14.4 Å². The summed E-state index contributed by atoms with van der Waals surface area (Å²) >= 11 is 0. The number of nitrogens with one attached hydrogen (secondary N) is 1. The van der Waals surface area contributed by atoms with Gasteiger partial charge in [-0.15, -0.1) is 0 Å². The fraction of sp³-hybridized carbons (Fsp3) is 0.870. The molecule has 0 aromatic carbocycles. The van der Waals surface area contributed by atoms with Crippen molar-refractivity contribution in [2.24, 2.45) is 5.92 Å². The summed E-state index contributed by atoms with van der Waals surface area (Å²) in [4.78, 5) is 38.7. The van der Waals surface area contributed by atoms with Gasteiger partial charge in [0, 0.05) is 39.1 Å². The highest BCUT2D eigenvalue weighted by molar-refractivity contribution is 5.77. The van der Waals surface area contributed by atoms with Crippen LogP contribution in [0.5, 0.6) is 0 Å². The van der Waals surface area contributed by atoms with Gasteiger partial charge in [-0.05, 0) is 58.3 Å². The maximum absolute atomic E-state index is 12.5. The number of nitrogens with zero attached hydrogens (tertiary/aromatic N) is 1. The highest BCUT2D eigenvalue weighted by Crippen LogP contribution is 2.22. The Hall–Kier alpha value is -1.67. The van der Waals surface area contributed by atoms with Crippen molar-refractivity contribution < 1.29 is 28.6 Å². The average molecular weight is 439 g/mol. The van der Waals surface area contributed by atoms with Gasteiger partial charge in [-0.2, -0.15) is 0 Å². The van der Waals surface area contributed by atoms with Crippen molar-refractivity contribution in [1.82, 2.24) is 10.2 Å². The third-order valence-corrected chi connectivity index (χ3v) is 6.51. The van der Waals surface area contributed by atoms with E-state index in [4.69, 9.17) is 14.2 Å². The van der Waals surface area contributed by atoms with Gasteiger partial charge in [-0.1, -0.05) is 0 Å². The minimum atomic E-state index is -0.370. The number of ether oxygens (including phenoxy) is 3. The number of rotatable bonds is 10. The first-order chi connectivity index (χ1) is 15.0. The molecule has 0 aliphatic carbocycles. The maximum Gasteiger partial charge on any atom is 0.309 e. The summed E-state index contributed by atoms with van der Waals surface area (Å²) in [5, 5.41) is 2.84. The molecule has 3 fully saturated rings. The lowest BCUT2D eigenvalue weighted by Crippen LogP contribution is -2.42. The number of likely N-dealkylation sites (tertiary alicyclic amines) is 1. The quantitative estimate of drug-likeness (QED) is 0.526. The van der Waals surface area contributed by atoms with Gasteiger partial charge in [-0.25, -0.2) is 0 Å². The Balaban J connectivity index is 1.26. The summed E-state index contributed by atoms with van der Waals surface area (Å²) in [5.74, 6) is -0.290. The normalized spacial score (nSPS) is 25.4. The van der Waals surface area contributed by atoms with E-state index in [1.54, 1.807) is 6.92 Å². The van der Waals surface area contributed by atoms with E-state index in [1.807, 2.05) is 4.90 Å². The molecule has 8 heteroatoms. The SMILES string of the molecule is C[C@H](CNC(=O)CC[C@@H]1CCCO1)OC(=O)C1CCN(C(=O)CC[C@H]2CCCO2)CC1. The highest BCUT2D eigenvalue weighted by Gasteiger charge is 2.29. The molecule has 0 unspecified atom stereocenters. The maximum atomic E-state index is 12.5. The second-order valence-electron chi connectivity index (χ2n) is 9.05. The summed E-state index contributed by atoms with van der Waals surface area (Å²) in [6.07, 6.45) is 8.04. The molecule has 1 N–H and O–H groups in total. The van der Waals surface area contributed by atoms with Gasteiger partial charge < -0.3 is 24.4 Å². The van der Waals surface area contributed by atoms with Gasteiger partial charge in [0.25, 0.3) is 0 Å². The fourth-order valence-corrected chi connectivity index (χ4v) is 4.53. The van der Waals surface area contributed by atoms with E-state index in [1.165, 1.54) is 0 Å². The molecular formula is C23H38N2O6. The number of carbonyl (C=O) groups excluding carboxylic acids is 3. The van der Waals surface area contributed by atoms with E-state index in [2.05, 4.69) is 5.32 Å². The van der Waals surface area contributed by atoms with Crippen LogP contribution in [0.3, 0.4) is 0 Å². The number of piperidine rings is 1. The zero-order valence-electron chi connectivity index (χ0n) is 18.8. The van der Waals surface area contributed by atoms with Crippen molar-refractivity contribution >= 4 is 17.8 Å². The molecule has 176 valence electrons. The van der Waals surface area contributed by atoms with Crippen molar-refractivity contribution in [2.45, 2.75) is 89.4 Å². The first-order valence-electron chi connectivity index (χ1n) is 12.0. The molecule has 3 rings (SSSR count). The second kappa shape index (κ2) is 12.4. The third-order valence-electron chi connectivity index (χ3n) is 6.51. The Labute approximate surface area is 185 Å². The van der Waals surface area contributed by atoms with Crippen LogP contribution in [-0.2, 0) is 28.6 Å². The zero-order chi connectivity index (χ0) is 22.1. The van der Waals surface area contributed by atoms with Crippen molar-refractivity contribution in [3.05, 3.63) is 0 Å². The zero-order valence-corrected chi connectivity index (χ0v) is 18.8. The van der Waals surface area contributed by atoms with Crippen LogP contribution in [0.1, 0.15) is 71.1 Å². The molecule has 0 aromatic rings. The van der Waals surface area contributed by atoms with E-state index < -0.39 is 0 Å². The van der Waals surface area contributed by atoms with Crippen LogP contribution in [0.4, 0.5) is 0 Å². The molecule has 3 aliphatic heterocycles. The van der Waals surface area contributed by atoms with Gasteiger partial charge in [0.2, 0.25) is 11.8 Å². The topological polar surface area (TPSA) is 94.2 Å². The predicted octanol–water partition coefficient (Wildman–Crippen LogP) is 2.19. The number of hydrogen-bond acceptors (Lipinski definition) is 6. The first kappa shape index (κ1) is 24.0. The number of carbonyl (C=O) groups is 3. The minimum absolute atomic E-state index is 0.0341. The Morgan fingerprint density at radius 3 is 2.16 bits per heavy atom. The molecule has 31 heavy (non-hydrogen) atoms.